The van der Waals surface area contributed by atoms with Gasteiger partial charge in [-0.3, -0.25) is 10.1 Å². The Balaban J connectivity index is 1.25. The van der Waals surface area contributed by atoms with Gasteiger partial charge in [-0.15, -0.1) is 15.3 Å². The number of aromatic nitrogens is 6. The van der Waals surface area contributed by atoms with Crippen LogP contribution in [0.25, 0.3) is 5.78 Å². The van der Waals surface area contributed by atoms with Crippen molar-refractivity contribution in [3.63, 3.8) is 0 Å². The summed E-state index contributed by atoms with van der Waals surface area (Å²) in [4.78, 5) is 21.3. The fourth-order valence-electron chi connectivity index (χ4n) is 6.28. The molecule has 0 unspecified atom stereocenters. The molecule has 4 aliphatic carbocycles. The second-order valence-corrected chi connectivity index (χ2v) is 10.2. The molecule has 4 saturated carbocycles. The molecule has 4 bridgehead atoms. The number of carbonyl (C=O) groups is 1. The normalized spacial score (nSPS) is 30.2. The Hall–Kier alpha value is -2.42. The molecule has 0 radical (unpaired) electrons. The molecule has 1 N–H and O–H groups in total. The maximum atomic E-state index is 12.7. The number of nitrogens with one attached hydrogen (secondary N) is 1. The number of amides is 1. The molecule has 8 nitrogen and oxygen atoms in total. The first kappa shape index (κ1) is 17.4. The fraction of sp³-hybridized carbons (Fsp3) is 0.600. The SMILES string of the molecule is Cc1cc(C)n2nc(C(=O)Nc3nnc(C45CC6CC(CC(C6)C4)C5)s3)nc2n1. The van der Waals surface area contributed by atoms with Gasteiger partial charge < -0.3 is 0 Å². The molecule has 4 fully saturated rings. The quantitative estimate of drug-likeness (QED) is 0.713. The standard InChI is InChI=1S/C20H23N7OS/c1-10-3-11(2)27-18(21-10)22-15(26-27)16(28)23-19-25-24-17(29-19)20-7-12-4-13(8-20)6-14(5-12)9-20/h3,12-14H,4-9H2,1-2H3,(H,23,25,28). The van der Waals surface area contributed by atoms with Gasteiger partial charge in [-0.05, 0) is 76.2 Å². The molecule has 0 aromatic carbocycles. The van der Waals surface area contributed by atoms with Crippen molar-refractivity contribution in [1.82, 2.24) is 29.8 Å². The summed E-state index contributed by atoms with van der Waals surface area (Å²) in [6, 6.07) is 1.91. The molecule has 0 aliphatic heterocycles. The Morgan fingerprint density at radius 2 is 1.79 bits per heavy atom. The van der Waals surface area contributed by atoms with Crippen LogP contribution in [0.4, 0.5) is 5.13 Å². The van der Waals surface area contributed by atoms with Crippen molar-refractivity contribution in [2.45, 2.75) is 57.8 Å². The number of aryl methyl sites for hydroxylation is 2. The van der Waals surface area contributed by atoms with E-state index in [2.05, 4.69) is 30.6 Å². The highest BCUT2D eigenvalue weighted by Crippen LogP contribution is 2.61. The fourth-order valence-corrected chi connectivity index (χ4v) is 7.23. The summed E-state index contributed by atoms with van der Waals surface area (Å²) in [7, 11) is 0. The van der Waals surface area contributed by atoms with Crippen molar-refractivity contribution in [1.29, 1.82) is 0 Å². The topological polar surface area (TPSA) is 98.0 Å². The van der Waals surface area contributed by atoms with E-state index in [4.69, 9.17) is 0 Å². The summed E-state index contributed by atoms with van der Waals surface area (Å²) in [6.07, 6.45) is 7.90. The van der Waals surface area contributed by atoms with Crippen LogP contribution in [-0.2, 0) is 5.41 Å². The van der Waals surface area contributed by atoms with Crippen LogP contribution in [0.3, 0.4) is 0 Å². The first-order valence-corrected chi connectivity index (χ1v) is 11.2. The predicted molar refractivity (Wildman–Crippen MR) is 108 cm³/mol. The van der Waals surface area contributed by atoms with Gasteiger partial charge in [0, 0.05) is 16.8 Å². The monoisotopic (exact) mass is 409 g/mol. The van der Waals surface area contributed by atoms with Crippen molar-refractivity contribution < 1.29 is 4.79 Å². The molecule has 0 spiro atoms. The van der Waals surface area contributed by atoms with E-state index in [1.165, 1.54) is 49.9 Å². The molecule has 0 saturated heterocycles. The molecule has 1 amide bonds. The van der Waals surface area contributed by atoms with E-state index in [0.717, 1.165) is 34.1 Å². The number of hydrogen-bond donors (Lipinski definition) is 1. The highest BCUT2D eigenvalue weighted by atomic mass is 32.1. The van der Waals surface area contributed by atoms with Gasteiger partial charge in [0.25, 0.3) is 11.7 Å². The van der Waals surface area contributed by atoms with Crippen LogP contribution in [0, 0.1) is 31.6 Å². The first-order valence-electron chi connectivity index (χ1n) is 10.3. The van der Waals surface area contributed by atoms with Crippen LogP contribution in [-0.4, -0.2) is 35.7 Å². The van der Waals surface area contributed by atoms with E-state index < -0.39 is 0 Å². The highest BCUT2D eigenvalue weighted by Gasteiger charge is 2.53. The van der Waals surface area contributed by atoms with Crippen molar-refractivity contribution in [3.8, 4) is 0 Å². The van der Waals surface area contributed by atoms with Crippen LogP contribution in [0.15, 0.2) is 6.07 Å². The molecular formula is C20H23N7OS. The lowest BCUT2D eigenvalue weighted by atomic mass is 9.50. The second kappa shape index (κ2) is 6.04. The Kier molecular flexibility index (Phi) is 3.63. The zero-order chi connectivity index (χ0) is 19.8. The molecule has 3 heterocycles. The molecule has 9 heteroatoms. The number of nitrogens with zero attached hydrogens (tertiary/aromatic N) is 6. The molecular weight excluding hydrogens is 386 g/mol. The first-order chi connectivity index (χ1) is 14.0. The zero-order valence-electron chi connectivity index (χ0n) is 16.6. The summed E-state index contributed by atoms with van der Waals surface area (Å²) >= 11 is 1.52. The maximum absolute atomic E-state index is 12.7. The molecule has 7 rings (SSSR count). The number of anilines is 1. The Bertz CT molecular complexity index is 1100. The Morgan fingerprint density at radius 3 is 2.48 bits per heavy atom. The summed E-state index contributed by atoms with van der Waals surface area (Å²) in [5.74, 6) is 2.70. The third-order valence-corrected chi connectivity index (χ3v) is 8.04. The molecule has 0 atom stereocenters. The minimum atomic E-state index is -0.374. The second-order valence-electron chi connectivity index (χ2n) is 9.25. The number of fused-ring (bicyclic) bond motifs is 1. The lowest BCUT2D eigenvalue weighted by molar-refractivity contribution is -0.00555. The van der Waals surface area contributed by atoms with Crippen LogP contribution in [0.1, 0.15) is 65.5 Å². The Morgan fingerprint density at radius 1 is 1.10 bits per heavy atom. The molecule has 3 aromatic rings. The van der Waals surface area contributed by atoms with E-state index in [-0.39, 0.29) is 17.1 Å². The summed E-state index contributed by atoms with van der Waals surface area (Å²) in [6.45, 7) is 3.81. The van der Waals surface area contributed by atoms with Crippen LogP contribution in [0.2, 0.25) is 0 Å². The van der Waals surface area contributed by atoms with Crippen LogP contribution >= 0.6 is 11.3 Å². The minimum absolute atomic E-state index is 0.0951. The molecule has 3 aromatic heterocycles. The van der Waals surface area contributed by atoms with Gasteiger partial charge in [0.15, 0.2) is 0 Å². The Labute approximate surface area is 172 Å². The van der Waals surface area contributed by atoms with Crippen molar-refractivity contribution >= 4 is 28.2 Å². The zero-order valence-corrected chi connectivity index (χ0v) is 17.4. The highest BCUT2D eigenvalue weighted by molar-refractivity contribution is 7.15. The van der Waals surface area contributed by atoms with E-state index in [1.54, 1.807) is 4.52 Å². The smallest absolute Gasteiger partial charge is 0.294 e. The van der Waals surface area contributed by atoms with E-state index in [9.17, 15) is 4.79 Å². The number of rotatable bonds is 3. The van der Waals surface area contributed by atoms with E-state index in [1.807, 2.05) is 19.9 Å². The lowest BCUT2D eigenvalue weighted by Gasteiger charge is -2.55. The van der Waals surface area contributed by atoms with Gasteiger partial charge in [-0.25, -0.2) is 9.50 Å². The van der Waals surface area contributed by atoms with Crippen molar-refractivity contribution in [2.24, 2.45) is 17.8 Å². The largest absolute Gasteiger partial charge is 0.297 e. The molecule has 150 valence electrons. The third-order valence-electron chi connectivity index (χ3n) is 6.96. The van der Waals surface area contributed by atoms with Gasteiger partial charge in [0.1, 0.15) is 5.01 Å². The van der Waals surface area contributed by atoms with Gasteiger partial charge in [-0.1, -0.05) is 11.3 Å². The van der Waals surface area contributed by atoms with Gasteiger partial charge in [-0.2, -0.15) is 4.98 Å². The summed E-state index contributed by atoms with van der Waals surface area (Å²) < 4.78 is 1.59. The average molecular weight is 410 g/mol. The molecule has 4 aliphatic rings. The summed E-state index contributed by atoms with van der Waals surface area (Å²) in [5.41, 5.74) is 1.92. The van der Waals surface area contributed by atoms with Gasteiger partial charge in [0.2, 0.25) is 11.0 Å². The lowest BCUT2D eigenvalue weighted by Crippen LogP contribution is -2.48. The maximum Gasteiger partial charge on any atom is 0.297 e. The van der Waals surface area contributed by atoms with Crippen molar-refractivity contribution in [3.05, 3.63) is 28.3 Å². The van der Waals surface area contributed by atoms with E-state index in [0.29, 0.717) is 10.9 Å². The predicted octanol–water partition coefficient (Wildman–Crippen LogP) is 3.31. The minimum Gasteiger partial charge on any atom is -0.294 e. The number of carbonyl (C=O) groups excluding carboxylic acids is 1. The van der Waals surface area contributed by atoms with Crippen LogP contribution in [0.5, 0.6) is 0 Å². The number of hydrogen-bond acceptors (Lipinski definition) is 7. The summed E-state index contributed by atoms with van der Waals surface area (Å²) in [5, 5.41) is 17.6. The van der Waals surface area contributed by atoms with E-state index >= 15 is 0 Å². The molecule has 29 heavy (non-hydrogen) atoms. The van der Waals surface area contributed by atoms with Crippen LogP contribution < -0.4 is 5.32 Å². The van der Waals surface area contributed by atoms with Crippen molar-refractivity contribution in [2.75, 3.05) is 5.32 Å². The van der Waals surface area contributed by atoms with Gasteiger partial charge in [0.05, 0.1) is 0 Å². The average Bonchev–Trinajstić information content (AvgIpc) is 3.28. The van der Waals surface area contributed by atoms with Gasteiger partial charge >= 0.3 is 0 Å². The third kappa shape index (κ3) is 2.78.